The summed E-state index contributed by atoms with van der Waals surface area (Å²) in [6.45, 7) is 5.33. The molecular formula is C20H25N3O2S. The van der Waals surface area contributed by atoms with E-state index in [0.29, 0.717) is 6.04 Å². The number of carbonyl (C=O) groups is 1. The Bertz CT molecular complexity index is 749. The number of rotatable bonds is 5. The number of amides is 1. The van der Waals surface area contributed by atoms with Crippen molar-refractivity contribution in [1.29, 1.82) is 0 Å². The Labute approximate surface area is 158 Å². The van der Waals surface area contributed by atoms with E-state index < -0.39 is 0 Å². The van der Waals surface area contributed by atoms with Crippen molar-refractivity contribution in [1.82, 2.24) is 10.2 Å². The highest BCUT2D eigenvalue weighted by Gasteiger charge is 2.20. The Hall–Kier alpha value is -1.73. The van der Waals surface area contributed by atoms with Crippen molar-refractivity contribution in [3.63, 3.8) is 0 Å². The van der Waals surface area contributed by atoms with Crippen LogP contribution in [0, 0.1) is 0 Å². The number of thiophene rings is 1. The van der Waals surface area contributed by atoms with Crippen LogP contribution < -0.4 is 10.6 Å². The Balaban J connectivity index is 1.44. The maximum absolute atomic E-state index is 12.7. The van der Waals surface area contributed by atoms with Crippen LogP contribution in [0.3, 0.4) is 0 Å². The van der Waals surface area contributed by atoms with E-state index >= 15 is 0 Å². The molecule has 0 spiro atoms. The fourth-order valence-electron chi connectivity index (χ4n) is 3.55. The number of hydrogen-bond acceptors (Lipinski definition) is 5. The molecule has 0 bridgehead atoms. The molecule has 0 radical (unpaired) electrons. The summed E-state index contributed by atoms with van der Waals surface area (Å²) < 4.78 is 5.42. The topological polar surface area (TPSA) is 53.6 Å². The van der Waals surface area contributed by atoms with Crippen molar-refractivity contribution in [3.05, 3.63) is 51.7 Å². The second-order valence-corrected chi connectivity index (χ2v) is 7.97. The number of nitrogens with one attached hydrogen (secondary N) is 2. The van der Waals surface area contributed by atoms with Crippen molar-refractivity contribution >= 4 is 22.9 Å². The first-order valence-electron chi connectivity index (χ1n) is 9.32. The molecule has 3 heterocycles. The Morgan fingerprint density at radius 1 is 1.23 bits per heavy atom. The van der Waals surface area contributed by atoms with Gasteiger partial charge in [-0.05, 0) is 43.1 Å². The van der Waals surface area contributed by atoms with Gasteiger partial charge in [-0.15, -0.1) is 11.3 Å². The van der Waals surface area contributed by atoms with Crippen molar-refractivity contribution < 1.29 is 9.53 Å². The molecule has 2 aliphatic rings. The van der Waals surface area contributed by atoms with Crippen molar-refractivity contribution in [3.8, 4) is 0 Å². The number of morpholine rings is 1. The van der Waals surface area contributed by atoms with E-state index in [1.807, 2.05) is 24.3 Å². The van der Waals surface area contributed by atoms with Crippen LogP contribution >= 0.6 is 11.3 Å². The van der Waals surface area contributed by atoms with Gasteiger partial charge in [0.1, 0.15) is 0 Å². The Morgan fingerprint density at radius 2 is 2.08 bits per heavy atom. The number of anilines is 1. The molecular weight excluding hydrogens is 346 g/mol. The lowest BCUT2D eigenvalue weighted by atomic mass is 10.1. The molecule has 2 N–H and O–H groups in total. The second kappa shape index (κ2) is 8.31. The van der Waals surface area contributed by atoms with E-state index in [2.05, 4.69) is 27.7 Å². The molecule has 0 saturated carbocycles. The molecule has 1 aromatic heterocycles. The molecule has 1 unspecified atom stereocenters. The lowest BCUT2D eigenvalue weighted by molar-refractivity contribution is 0.0342. The van der Waals surface area contributed by atoms with Crippen LogP contribution in [-0.4, -0.2) is 43.7 Å². The van der Waals surface area contributed by atoms with Gasteiger partial charge in [-0.3, -0.25) is 9.69 Å². The lowest BCUT2D eigenvalue weighted by Crippen LogP contribution is -2.35. The summed E-state index contributed by atoms with van der Waals surface area (Å²) in [6, 6.07) is 12.5. The summed E-state index contributed by atoms with van der Waals surface area (Å²) in [4.78, 5) is 17.1. The number of hydrogen-bond donors (Lipinski definition) is 2. The molecule has 1 amide bonds. The average Bonchev–Trinajstić information content (AvgIpc) is 3.36. The van der Waals surface area contributed by atoms with Crippen LogP contribution in [0.2, 0.25) is 0 Å². The van der Waals surface area contributed by atoms with Gasteiger partial charge in [-0.25, -0.2) is 0 Å². The van der Waals surface area contributed by atoms with Gasteiger partial charge in [0, 0.05) is 36.2 Å². The standard InChI is InChI=1S/C20H25N3O2S/c24-20(19-8-7-18(26-19)17-6-3-9-21-17)22-16-5-2-1-4-15(16)14-23-10-12-25-13-11-23/h1-2,4-5,7-8,17,21H,3,6,9-14H2,(H,22,24). The van der Waals surface area contributed by atoms with Gasteiger partial charge in [-0.1, -0.05) is 18.2 Å². The molecule has 6 heteroatoms. The largest absolute Gasteiger partial charge is 0.379 e. The molecule has 0 aliphatic carbocycles. The third-order valence-corrected chi connectivity index (χ3v) is 6.22. The van der Waals surface area contributed by atoms with Crippen molar-refractivity contribution in [2.45, 2.75) is 25.4 Å². The minimum absolute atomic E-state index is 0.0197. The van der Waals surface area contributed by atoms with Crippen LogP contribution in [-0.2, 0) is 11.3 Å². The molecule has 4 rings (SSSR count). The predicted octanol–water partition coefficient (Wildman–Crippen LogP) is 3.26. The zero-order valence-electron chi connectivity index (χ0n) is 14.9. The predicted molar refractivity (Wildman–Crippen MR) is 105 cm³/mol. The second-order valence-electron chi connectivity index (χ2n) is 6.85. The summed E-state index contributed by atoms with van der Waals surface area (Å²) in [7, 11) is 0. The summed E-state index contributed by atoms with van der Waals surface area (Å²) >= 11 is 1.60. The third kappa shape index (κ3) is 4.15. The maximum atomic E-state index is 12.7. The van der Waals surface area contributed by atoms with Gasteiger partial charge in [-0.2, -0.15) is 0 Å². The van der Waals surface area contributed by atoms with Gasteiger partial charge in [0.2, 0.25) is 0 Å². The minimum Gasteiger partial charge on any atom is -0.379 e. The highest BCUT2D eigenvalue weighted by atomic mass is 32.1. The minimum atomic E-state index is -0.0197. The van der Waals surface area contributed by atoms with E-state index in [1.54, 1.807) is 11.3 Å². The molecule has 2 fully saturated rings. The number of para-hydroxylation sites is 1. The fourth-order valence-corrected chi connectivity index (χ4v) is 4.57. The van der Waals surface area contributed by atoms with E-state index in [4.69, 9.17) is 4.74 Å². The highest BCUT2D eigenvalue weighted by Crippen LogP contribution is 2.30. The quantitative estimate of drug-likeness (QED) is 0.847. The summed E-state index contributed by atoms with van der Waals surface area (Å²) in [6.07, 6.45) is 2.36. The smallest absolute Gasteiger partial charge is 0.265 e. The normalized spacial score (nSPS) is 21.0. The first kappa shape index (κ1) is 17.7. The third-order valence-electron chi connectivity index (χ3n) is 5.02. The van der Waals surface area contributed by atoms with Crippen LogP contribution in [0.5, 0.6) is 0 Å². The van der Waals surface area contributed by atoms with Crippen molar-refractivity contribution in [2.24, 2.45) is 0 Å². The molecule has 2 aliphatic heterocycles. The first-order valence-corrected chi connectivity index (χ1v) is 10.1. The molecule has 1 atom stereocenters. The molecule has 26 heavy (non-hydrogen) atoms. The van der Waals surface area contributed by atoms with Gasteiger partial charge in [0.25, 0.3) is 5.91 Å². The molecule has 5 nitrogen and oxygen atoms in total. The zero-order valence-corrected chi connectivity index (χ0v) is 15.7. The van der Waals surface area contributed by atoms with E-state index in [-0.39, 0.29) is 5.91 Å². The van der Waals surface area contributed by atoms with Gasteiger partial charge < -0.3 is 15.4 Å². The number of carbonyl (C=O) groups excluding carboxylic acids is 1. The Morgan fingerprint density at radius 3 is 2.88 bits per heavy atom. The lowest BCUT2D eigenvalue weighted by Gasteiger charge is -2.27. The van der Waals surface area contributed by atoms with E-state index in [9.17, 15) is 4.79 Å². The number of benzene rings is 1. The van der Waals surface area contributed by atoms with Gasteiger partial charge in [0.05, 0.1) is 18.1 Å². The van der Waals surface area contributed by atoms with Crippen LogP contribution in [0.1, 0.15) is 39.0 Å². The van der Waals surface area contributed by atoms with Crippen LogP contribution in [0.15, 0.2) is 36.4 Å². The molecule has 138 valence electrons. The summed E-state index contributed by atoms with van der Waals surface area (Å²) in [5.74, 6) is -0.0197. The monoisotopic (exact) mass is 371 g/mol. The van der Waals surface area contributed by atoms with Crippen LogP contribution in [0.25, 0.3) is 0 Å². The average molecular weight is 372 g/mol. The van der Waals surface area contributed by atoms with Gasteiger partial charge >= 0.3 is 0 Å². The molecule has 2 saturated heterocycles. The van der Waals surface area contributed by atoms with Crippen LogP contribution in [0.4, 0.5) is 5.69 Å². The van der Waals surface area contributed by atoms with E-state index in [0.717, 1.165) is 61.9 Å². The summed E-state index contributed by atoms with van der Waals surface area (Å²) in [5, 5.41) is 6.61. The molecule has 2 aromatic rings. The van der Waals surface area contributed by atoms with Crippen molar-refractivity contribution in [2.75, 3.05) is 38.2 Å². The Kier molecular flexibility index (Phi) is 5.65. The van der Waals surface area contributed by atoms with E-state index in [1.165, 1.54) is 11.3 Å². The SMILES string of the molecule is O=C(Nc1ccccc1CN1CCOCC1)c1ccc(C2CCCN2)s1. The maximum Gasteiger partial charge on any atom is 0.265 e. The number of nitrogens with zero attached hydrogens (tertiary/aromatic N) is 1. The molecule has 1 aromatic carbocycles. The van der Waals surface area contributed by atoms with Gasteiger partial charge in [0.15, 0.2) is 0 Å². The first-order chi connectivity index (χ1) is 12.8. The zero-order chi connectivity index (χ0) is 17.8. The highest BCUT2D eigenvalue weighted by molar-refractivity contribution is 7.14. The number of ether oxygens (including phenoxy) is 1. The summed E-state index contributed by atoms with van der Waals surface area (Å²) in [5.41, 5.74) is 2.05. The fraction of sp³-hybridized carbons (Fsp3) is 0.450.